The molecule has 0 aromatic heterocycles. The molecule has 0 spiro atoms. The maximum atomic E-state index is 13.1. The van der Waals surface area contributed by atoms with Crippen LogP contribution in [0.5, 0.6) is 0 Å². The topological polar surface area (TPSA) is 61.9 Å². The van der Waals surface area contributed by atoms with Crippen molar-refractivity contribution in [2.24, 2.45) is 0 Å². The molecule has 27 heavy (non-hydrogen) atoms. The molecular weight excluding hydrogens is 342 g/mol. The smallest absolute Gasteiger partial charge is 0.247 e. The van der Waals surface area contributed by atoms with Gasteiger partial charge in [0, 0.05) is 26.1 Å². The van der Waals surface area contributed by atoms with E-state index in [2.05, 4.69) is 10.2 Å². The summed E-state index contributed by atoms with van der Waals surface area (Å²) in [5.74, 6) is 0.0306. The van der Waals surface area contributed by atoms with Crippen LogP contribution in [0.2, 0.25) is 0 Å². The van der Waals surface area contributed by atoms with Gasteiger partial charge in [0.2, 0.25) is 11.8 Å². The van der Waals surface area contributed by atoms with Crippen LogP contribution in [0.1, 0.15) is 45.4 Å². The first-order chi connectivity index (χ1) is 13.2. The number of amides is 2. The predicted molar refractivity (Wildman–Crippen MR) is 107 cm³/mol. The van der Waals surface area contributed by atoms with Crippen LogP contribution in [-0.4, -0.2) is 55.6 Å². The third-order valence-corrected chi connectivity index (χ3v) is 5.35. The zero-order valence-electron chi connectivity index (χ0n) is 16.3. The fraction of sp³-hybridized carbons (Fsp3) is 0.619. The summed E-state index contributed by atoms with van der Waals surface area (Å²) in [4.78, 5) is 29.7. The Hall–Kier alpha value is -2.08. The van der Waals surface area contributed by atoms with Crippen molar-refractivity contribution in [3.63, 3.8) is 0 Å². The van der Waals surface area contributed by atoms with Crippen molar-refractivity contribution in [2.45, 2.75) is 51.5 Å². The van der Waals surface area contributed by atoms with Gasteiger partial charge in [0.05, 0.1) is 24.6 Å². The van der Waals surface area contributed by atoms with Crippen molar-refractivity contribution >= 4 is 23.2 Å². The van der Waals surface area contributed by atoms with E-state index < -0.39 is 0 Å². The van der Waals surface area contributed by atoms with Crippen molar-refractivity contribution in [1.29, 1.82) is 0 Å². The lowest BCUT2D eigenvalue weighted by molar-refractivity contribution is -0.138. The number of rotatable bonds is 5. The SMILES string of the molecule is CCCC(=O)N1CCCCC[C@H]1C(=O)Nc1ccccc1N1CCOCC1. The van der Waals surface area contributed by atoms with Gasteiger partial charge in [0.15, 0.2) is 0 Å². The first-order valence-electron chi connectivity index (χ1n) is 10.2. The second kappa shape index (κ2) is 9.74. The van der Waals surface area contributed by atoms with Crippen LogP contribution in [0.4, 0.5) is 11.4 Å². The number of benzene rings is 1. The number of ether oxygens (including phenoxy) is 1. The Bertz CT molecular complexity index is 643. The van der Waals surface area contributed by atoms with E-state index in [1.54, 1.807) is 0 Å². The summed E-state index contributed by atoms with van der Waals surface area (Å²) in [7, 11) is 0. The van der Waals surface area contributed by atoms with Crippen LogP contribution in [-0.2, 0) is 14.3 Å². The number of carbonyl (C=O) groups is 2. The maximum Gasteiger partial charge on any atom is 0.247 e. The van der Waals surface area contributed by atoms with Crippen molar-refractivity contribution < 1.29 is 14.3 Å². The van der Waals surface area contributed by atoms with Gasteiger partial charge in [-0.2, -0.15) is 0 Å². The maximum absolute atomic E-state index is 13.1. The highest BCUT2D eigenvalue weighted by molar-refractivity contribution is 5.99. The molecule has 2 heterocycles. The summed E-state index contributed by atoms with van der Waals surface area (Å²) in [6, 6.07) is 7.53. The van der Waals surface area contributed by atoms with E-state index in [1.807, 2.05) is 36.1 Å². The van der Waals surface area contributed by atoms with Crippen LogP contribution in [0.3, 0.4) is 0 Å². The number of carbonyl (C=O) groups excluding carboxylic acids is 2. The Morgan fingerprint density at radius 1 is 1.11 bits per heavy atom. The molecule has 0 unspecified atom stereocenters. The molecule has 2 fully saturated rings. The fourth-order valence-electron chi connectivity index (χ4n) is 3.91. The molecule has 6 nitrogen and oxygen atoms in total. The van der Waals surface area contributed by atoms with Crippen molar-refractivity contribution in [1.82, 2.24) is 4.90 Å². The van der Waals surface area contributed by atoms with E-state index in [0.717, 1.165) is 56.6 Å². The van der Waals surface area contributed by atoms with Crippen LogP contribution in [0.15, 0.2) is 24.3 Å². The van der Waals surface area contributed by atoms with Gasteiger partial charge in [-0.1, -0.05) is 31.9 Å². The summed E-state index contributed by atoms with van der Waals surface area (Å²) in [6.07, 6.45) is 5.09. The van der Waals surface area contributed by atoms with Gasteiger partial charge in [-0.25, -0.2) is 0 Å². The van der Waals surface area contributed by atoms with Crippen molar-refractivity contribution in [3.05, 3.63) is 24.3 Å². The normalized spacial score (nSPS) is 20.9. The Morgan fingerprint density at radius 2 is 1.89 bits per heavy atom. The van der Waals surface area contributed by atoms with Gasteiger partial charge in [-0.05, 0) is 31.4 Å². The minimum Gasteiger partial charge on any atom is -0.378 e. The summed E-state index contributed by atoms with van der Waals surface area (Å²) >= 11 is 0. The van der Waals surface area contributed by atoms with Crippen molar-refractivity contribution in [3.8, 4) is 0 Å². The molecule has 1 N–H and O–H groups in total. The number of hydrogen-bond donors (Lipinski definition) is 1. The van der Waals surface area contributed by atoms with E-state index in [9.17, 15) is 9.59 Å². The van der Waals surface area contributed by atoms with Gasteiger partial charge in [0.25, 0.3) is 0 Å². The number of hydrogen-bond acceptors (Lipinski definition) is 4. The van der Waals surface area contributed by atoms with Gasteiger partial charge >= 0.3 is 0 Å². The second-order valence-electron chi connectivity index (χ2n) is 7.31. The Morgan fingerprint density at radius 3 is 2.67 bits per heavy atom. The predicted octanol–water partition coefficient (Wildman–Crippen LogP) is 3.03. The second-order valence-corrected chi connectivity index (χ2v) is 7.31. The van der Waals surface area contributed by atoms with Crippen LogP contribution < -0.4 is 10.2 Å². The molecule has 1 aromatic rings. The minimum atomic E-state index is -0.371. The number of para-hydroxylation sites is 2. The summed E-state index contributed by atoms with van der Waals surface area (Å²) in [5.41, 5.74) is 1.84. The molecule has 2 saturated heterocycles. The molecule has 2 amide bonds. The summed E-state index contributed by atoms with van der Waals surface area (Å²) < 4.78 is 5.44. The van der Waals surface area contributed by atoms with Gasteiger partial charge in [-0.15, -0.1) is 0 Å². The first-order valence-corrected chi connectivity index (χ1v) is 10.2. The molecule has 2 aliphatic heterocycles. The molecule has 0 radical (unpaired) electrons. The molecule has 0 bridgehead atoms. The number of likely N-dealkylation sites (tertiary alicyclic amines) is 1. The highest BCUT2D eigenvalue weighted by Gasteiger charge is 2.31. The fourth-order valence-corrected chi connectivity index (χ4v) is 3.91. The largest absolute Gasteiger partial charge is 0.378 e. The van der Waals surface area contributed by atoms with E-state index in [4.69, 9.17) is 4.74 Å². The molecular formula is C21H31N3O3. The third kappa shape index (κ3) is 5.01. The van der Waals surface area contributed by atoms with Crippen LogP contribution in [0, 0.1) is 0 Å². The van der Waals surface area contributed by atoms with E-state index in [1.165, 1.54) is 0 Å². The first kappa shape index (κ1) is 19.7. The highest BCUT2D eigenvalue weighted by atomic mass is 16.5. The van der Waals surface area contributed by atoms with Crippen LogP contribution >= 0.6 is 0 Å². The highest BCUT2D eigenvalue weighted by Crippen LogP contribution is 2.28. The minimum absolute atomic E-state index is 0.0675. The summed E-state index contributed by atoms with van der Waals surface area (Å²) in [5, 5.41) is 3.12. The Balaban J connectivity index is 1.76. The van der Waals surface area contributed by atoms with Gasteiger partial charge < -0.3 is 19.9 Å². The molecule has 6 heteroatoms. The quantitative estimate of drug-likeness (QED) is 0.862. The molecule has 3 rings (SSSR count). The van der Waals surface area contributed by atoms with Gasteiger partial charge in [0.1, 0.15) is 6.04 Å². The average molecular weight is 373 g/mol. The standard InChI is InChI=1S/C21H31N3O3/c1-2-8-20(25)24-12-7-3-4-11-19(24)21(26)22-17-9-5-6-10-18(17)23-13-15-27-16-14-23/h5-6,9-10,19H,2-4,7-8,11-16H2,1H3,(H,22,26)/t19-/m0/s1. The van der Waals surface area contributed by atoms with Gasteiger partial charge in [-0.3, -0.25) is 9.59 Å². The van der Waals surface area contributed by atoms with Crippen molar-refractivity contribution in [2.75, 3.05) is 43.1 Å². The van der Waals surface area contributed by atoms with Crippen LogP contribution in [0.25, 0.3) is 0 Å². The van der Waals surface area contributed by atoms with E-state index >= 15 is 0 Å². The molecule has 2 aliphatic rings. The summed E-state index contributed by atoms with van der Waals surface area (Å²) in [6.45, 7) is 5.72. The Labute approximate surface area is 161 Å². The lowest BCUT2D eigenvalue weighted by Crippen LogP contribution is -2.47. The average Bonchev–Trinajstić information content (AvgIpc) is 2.95. The van der Waals surface area contributed by atoms with E-state index in [-0.39, 0.29) is 17.9 Å². The zero-order valence-corrected chi connectivity index (χ0v) is 16.3. The number of anilines is 2. The zero-order chi connectivity index (χ0) is 19.1. The molecule has 148 valence electrons. The molecule has 0 saturated carbocycles. The lowest BCUT2D eigenvalue weighted by Gasteiger charge is -2.32. The number of nitrogens with zero attached hydrogens (tertiary/aromatic N) is 2. The molecule has 1 aromatic carbocycles. The number of nitrogens with one attached hydrogen (secondary N) is 1. The monoisotopic (exact) mass is 373 g/mol. The Kier molecular flexibility index (Phi) is 7.10. The third-order valence-electron chi connectivity index (χ3n) is 5.35. The molecule has 0 aliphatic carbocycles. The molecule has 1 atom stereocenters. The lowest BCUT2D eigenvalue weighted by atomic mass is 10.1. The van der Waals surface area contributed by atoms with E-state index in [0.29, 0.717) is 26.2 Å². The number of morpholine rings is 1.